The Kier molecular flexibility index (Phi) is 5.84. The number of likely N-dealkylation sites (tertiary alicyclic amines) is 1. The number of anilines is 1. The minimum absolute atomic E-state index is 0.193. The van der Waals surface area contributed by atoms with Crippen LogP contribution in [0.4, 0.5) is 14.9 Å². The predicted octanol–water partition coefficient (Wildman–Crippen LogP) is 3.18. The van der Waals surface area contributed by atoms with E-state index in [1.807, 2.05) is 18.2 Å². The molecule has 1 atom stereocenters. The van der Waals surface area contributed by atoms with Crippen LogP contribution in [-0.4, -0.2) is 36.0 Å². The van der Waals surface area contributed by atoms with Crippen molar-refractivity contribution in [2.45, 2.75) is 25.3 Å². The van der Waals surface area contributed by atoms with Gasteiger partial charge in [-0.1, -0.05) is 36.4 Å². The Bertz CT molecular complexity index is 767. The second-order valence-corrected chi connectivity index (χ2v) is 6.28. The van der Waals surface area contributed by atoms with Crippen LogP contribution in [-0.2, 0) is 11.2 Å². The summed E-state index contributed by atoms with van der Waals surface area (Å²) in [4.78, 5) is 26.5. The van der Waals surface area contributed by atoms with Crippen LogP contribution in [0.25, 0.3) is 0 Å². The van der Waals surface area contributed by atoms with E-state index in [0.717, 1.165) is 6.42 Å². The number of carbonyl (C=O) groups excluding carboxylic acids is 2. The Morgan fingerprint density at radius 2 is 1.81 bits per heavy atom. The average Bonchev–Trinajstić information content (AvgIpc) is 3.14. The lowest BCUT2D eigenvalue weighted by Gasteiger charge is -2.24. The normalized spacial score (nSPS) is 16.3. The summed E-state index contributed by atoms with van der Waals surface area (Å²) < 4.78 is 13.6. The van der Waals surface area contributed by atoms with Crippen LogP contribution >= 0.6 is 0 Å². The molecule has 2 aromatic carbocycles. The molecule has 1 heterocycles. The molecule has 0 aromatic heterocycles. The fourth-order valence-electron chi connectivity index (χ4n) is 3.14. The Morgan fingerprint density at radius 1 is 1.08 bits per heavy atom. The van der Waals surface area contributed by atoms with E-state index >= 15 is 0 Å². The number of rotatable bonds is 5. The second kappa shape index (κ2) is 8.47. The molecule has 3 rings (SSSR count). The third kappa shape index (κ3) is 4.39. The van der Waals surface area contributed by atoms with Gasteiger partial charge in [-0.05, 0) is 43.0 Å². The zero-order chi connectivity index (χ0) is 18.4. The first kappa shape index (κ1) is 17.9. The molecular weight excluding hydrogens is 333 g/mol. The minimum Gasteiger partial charge on any atom is -0.354 e. The SMILES string of the molecule is O=C(NCCc1ccccc1F)C1CCCN1C(=O)Nc1ccccc1. The molecular formula is C20H22FN3O2. The molecule has 1 aliphatic heterocycles. The van der Waals surface area contributed by atoms with Crippen molar-refractivity contribution in [1.29, 1.82) is 0 Å². The predicted molar refractivity (Wildman–Crippen MR) is 98.3 cm³/mol. The molecule has 2 aromatic rings. The van der Waals surface area contributed by atoms with Gasteiger partial charge in [0.25, 0.3) is 0 Å². The van der Waals surface area contributed by atoms with E-state index in [4.69, 9.17) is 0 Å². The molecule has 0 radical (unpaired) electrons. The molecule has 6 heteroatoms. The molecule has 26 heavy (non-hydrogen) atoms. The highest BCUT2D eigenvalue weighted by molar-refractivity contribution is 5.94. The van der Waals surface area contributed by atoms with E-state index in [0.29, 0.717) is 37.2 Å². The lowest BCUT2D eigenvalue weighted by Crippen LogP contribution is -2.47. The second-order valence-electron chi connectivity index (χ2n) is 6.28. The molecule has 2 N–H and O–H groups in total. The molecule has 0 saturated carbocycles. The van der Waals surface area contributed by atoms with Crippen molar-refractivity contribution in [3.63, 3.8) is 0 Å². The van der Waals surface area contributed by atoms with Crippen molar-refractivity contribution in [1.82, 2.24) is 10.2 Å². The summed E-state index contributed by atoms with van der Waals surface area (Å²) in [5, 5.41) is 5.64. The lowest BCUT2D eigenvalue weighted by molar-refractivity contribution is -0.124. The summed E-state index contributed by atoms with van der Waals surface area (Å²) in [5.74, 6) is -0.464. The number of nitrogens with one attached hydrogen (secondary N) is 2. The summed E-state index contributed by atoms with van der Waals surface area (Å²) >= 11 is 0. The van der Waals surface area contributed by atoms with Gasteiger partial charge in [-0.25, -0.2) is 9.18 Å². The van der Waals surface area contributed by atoms with Crippen molar-refractivity contribution < 1.29 is 14.0 Å². The zero-order valence-corrected chi connectivity index (χ0v) is 14.5. The third-order valence-electron chi connectivity index (χ3n) is 4.49. The van der Waals surface area contributed by atoms with Gasteiger partial charge >= 0.3 is 6.03 Å². The Labute approximate surface area is 152 Å². The average molecular weight is 355 g/mol. The highest BCUT2D eigenvalue weighted by Crippen LogP contribution is 2.19. The Balaban J connectivity index is 1.53. The largest absolute Gasteiger partial charge is 0.354 e. The number of urea groups is 1. The Morgan fingerprint density at radius 3 is 2.58 bits per heavy atom. The van der Waals surface area contributed by atoms with Gasteiger partial charge in [0.15, 0.2) is 0 Å². The number of halogens is 1. The molecule has 0 bridgehead atoms. The van der Waals surface area contributed by atoms with Gasteiger partial charge in [-0.2, -0.15) is 0 Å². The molecule has 1 fully saturated rings. The quantitative estimate of drug-likeness (QED) is 0.865. The first-order valence-electron chi connectivity index (χ1n) is 8.79. The number of benzene rings is 2. The summed E-state index contributed by atoms with van der Waals surface area (Å²) in [6.45, 7) is 0.883. The zero-order valence-electron chi connectivity index (χ0n) is 14.5. The van der Waals surface area contributed by atoms with Crippen LogP contribution in [0.2, 0.25) is 0 Å². The van der Waals surface area contributed by atoms with Gasteiger partial charge in [0.2, 0.25) is 5.91 Å². The molecule has 1 unspecified atom stereocenters. The van der Waals surface area contributed by atoms with Crippen LogP contribution < -0.4 is 10.6 Å². The number of nitrogens with zero attached hydrogens (tertiary/aromatic N) is 1. The number of carbonyl (C=O) groups is 2. The molecule has 1 saturated heterocycles. The molecule has 0 aliphatic carbocycles. The fourth-order valence-corrected chi connectivity index (χ4v) is 3.14. The number of hydrogen-bond donors (Lipinski definition) is 2. The molecule has 0 spiro atoms. The van der Waals surface area contributed by atoms with Crippen LogP contribution in [0.5, 0.6) is 0 Å². The van der Waals surface area contributed by atoms with Gasteiger partial charge in [-0.15, -0.1) is 0 Å². The molecule has 136 valence electrons. The molecule has 5 nitrogen and oxygen atoms in total. The van der Waals surface area contributed by atoms with Crippen molar-refractivity contribution in [3.8, 4) is 0 Å². The van der Waals surface area contributed by atoms with Gasteiger partial charge in [0.1, 0.15) is 11.9 Å². The molecule has 3 amide bonds. The fraction of sp³-hybridized carbons (Fsp3) is 0.300. The van der Waals surface area contributed by atoms with E-state index < -0.39 is 6.04 Å². The standard InChI is InChI=1S/C20H22FN3O2/c21-17-10-5-4-7-15(17)12-13-22-19(25)18-11-6-14-24(18)20(26)23-16-8-2-1-3-9-16/h1-5,7-10,18H,6,11-14H2,(H,22,25)(H,23,26). The van der Waals surface area contributed by atoms with Crippen LogP contribution in [0, 0.1) is 5.82 Å². The first-order chi connectivity index (χ1) is 12.6. The van der Waals surface area contributed by atoms with E-state index in [1.165, 1.54) is 6.07 Å². The van der Waals surface area contributed by atoms with Crippen molar-refractivity contribution in [3.05, 3.63) is 66.0 Å². The number of amides is 3. The van der Waals surface area contributed by atoms with Gasteiger partial charge in [-0.3, -0.25) is 4.79 Å². The van der Waals surface area contributed by atoms with Gasteiger partial charge in [0, 0.05) is 18.8 Å². The number of hydrogen-bond acceptors (Lipinski definition) is 2. The van der Waals surface area contributed by atoms with Gasteiger partial charge < -0.3 is 15.5 Å². The van der Waals surface area contributed by atoms with E-state index in [9.17, 15) is 14.0 Å². The van der Waals surface area contributed by atoms with Crippen LogP contribution in [0.1, 0.15) is 18.4 Å². The summed E-state index contributed by atoms with van der Waals surface area (Å²) in [6, 6.07) is 14.9. The first-order valence-corrected chi connectivity index (χ1v) is 8.79. The smallest absolute Gasteiger partial charge is 0.322 e. The maximum absolute atomic E-state index is 13.6. The highest BCUT2D eigenvalue weighted by Gasteiger charge is 2.33. The van der Waals surface area contributed by atoms with Crippen LogP contribution in [0.15, 0.2) is 54.6 Å². The highest BCUT2D eigenvalue weighted by atomic mass is 19.1. The van der Waals surface area contributed by atoms with Gasteiger partial charge in [0.05, 0.1) is 0 Å². The summed E-state index contributed by atoms with van der Waals surface area (Å²) in [6.07, 6.45) is 1.84. The minimum atomic E-state index is -0.487. The monoisotopic (exact) mass is 355 g/mol. The van der Waals surface area contributed by atoms with E-state index in [-0.39, 0.29) is 17.8 Å². The van der Waals surface area contributed by atoms with E-state index in [1.54, 1.807) is 35.2 Å². The van der Waals surface area contributed by atoms with Crippen LogP contribution in [0.3, 0.4) is 0 Å². The van der Waals surface area contributed by atoms with Crippen molar-refractivity contribution in [2.75, 3.05) is 18.4 Å². The maximum atomic E-state index is 13.6. The third-order valence-corrected chi connectivity index (χ3v) is 4.49. The van der Waals surface area contributed by atoms with Crippen molar-refractivity contribution in [2.24, 2.45) is 0 Å². The Hall–Kier alpha value is -2.89. The maximum Gasteiger partial charge on any atom is 0.322 e. The van der Waals surface area contributed by atoms with Crippen molar-refractivity contribution >= 4 is 17.6 Å². The molecule has 1 aliphatic rings. The summed E-state index contributed by atoms with van der Waals surface area (Å²) in [5.41, 5.74) is 1.26. The topological polar surface area (TPSA) is 61.4 Å². The number of para-hydroxylation sites is 1. The summed E-state index contributed by atoms with van der Waals surface area (Å²) in [7, 11) is 0. The lowest BCUT2D eigenvalue weighted by atomic mass is 10.1. The van der Waals surface area contributed by atoms with E-state index in [2.05, 4.69) is 10.6 Å².